The molecule has 3 aliphatic heterocycles. The Morgan fingerprint density at radius 3 is 1.90 bits per heavy atom. The number of hydrogen-bond donors (Lipinski definition) is 11. The molecular formula is C38H63O20+. The number of carbonyl (C=O) groups is 1. The average Bonchev–Trinajstić information content (AvgIpc) is 3.20. The van der Waals surface area contributed by atoms with Crippen LogP contribution in [0.25, 0.3) is 0 Å². The molecule has 11 unspecified atom stereocenters. The van der Waals surface area contributed by atoms with Gasteiger partial charge in [-0.25, -0.2) is 4.79 Å². The first-order valence-electron chi connectivity index (χ1n) is 20.3. The third-order valence-corrected chi connectivity index (χ3v) is 13.0. The molecule has 0 bridgehead atoms. The molecule has 3 aliphatic carbocycles. The Morgan fingerprint density at radius 2 is 1.26 bits per heavy atom. The smallest absolute Gasteiger partial charge is 0.330 e. The minimum atomic E-state index is -1.81. The number of rotatable bonds is 12. The molecule has 20 heteroatoms. The van der Waals surface area contributed by atoms with E-state index in [4.69, 9.17) is 37.9 Å². The van der Waals surface area contributed by atoms with Crippen molar-refractivity contribution >= 4 is 5.97 Å². The monoisotopic (exact) mass is 839 g/mol. The van der Waals surface area contributed by atoms with Crippen LogP contribution in [0, 0.1) is 17.8 Å². The molecule has 334 valence electrons. The van der Waals surface area contributed by atoms with Gasteiger partial charge in [-0.05, 0) is 44.4 Å². The van der Waals surface area contributed by atoms with Crippen LogP contribution in [0.15, 0.2) is 12.2 Å². The fourth-order valence-electron chi connectivity index (χ4n) is 9.49. The topological polar surface area (TPSA) is 317 Å². The van der Waals surface area contributed by atoms with Crippen molar-refractivity contribution in [3.8, 4) is 0 Å². The predicted molar refractivity (Wildman–Crippen MR) is 193 cm³/mol. The highest BCUT2D eigenvalue weighted by molar-refractivity contribution is 5.81. The molecule has 6 aliphatic rings. The van der Waals surface area contributed by atoms with Gasteiger partial charge >= 0.3 is 5.97 Å². The Bertz CT molecular complexity index is 1330. The highest BCUT2D eigenvalue weighted by Crippen LogP contribution is 2.42. The number of esters is 1. The first kappa shape index (κ1) is 46.0. The Morgan fingerprint density at radius 1 is 0.638 bits per heavy atom. The van der Waals surface area contributed by atoms with Crippen molar-refractivity contribution in [3.05, 3.63) is 12.2 Å². The summed E-state index contributed by atoms with van der Waals surface area (Å²) in [6, 6.07) is 0. The second kappa shape index (κ2) is 20.1. The molecule has 58 heavy (non-hydrogen) atoms. The summed E-state index contributed by atoms with van der Waals surface area (Å²) in [6.07, 6.45) is -18.3. The van der Waals surface area contributed by atoms with E-state index < -0.39 is 148 Å². The normalized spacial score (nSPS) is 50.3. The van der Waals surface area contributed by atoms with Gasteiger partial charge in [-0.15, -0.1) is 0 Å². The molecule has 3 heterocycles. The lowest BCUT2D eigenvalue weighted by molar-refractivity contribution is -0.362. The number of aliphatic hydroxyl groups excluding tert-OH is 11. The molecular weight excluding hydrogens is 776 g/mol. The lowest BCUT2D eigenvalue weighted by Crippen LogP contribution is -2.63. The third kappa shape index (κ3) is 10.4. The number of allylic oxidation sites excluding steroid dienone is 1. The van der Waals surface area contributed by atoms with E-state index >= 15 is 0 Å². The Kier molecular flexibility index (Phi) is 16.0. The van der Waals surface area contributed by atoms with Gasteiger partial charge in [-0.1, -0.05) is 6.08 Å². The van der Waals surface area contributed by atoms with Gasteiger partial charge in [-0.2, -0.15) is 0 Å². The molecule has 0 radical (unpaired) electrons. The van der Waals surface area contributed by atoms with Crippen molar-refractivity contribution in [1.29, 1.82) is 0 Å². The molecule has 0 aromatic carbocycles. The number of ether oxygens (including phenoxy) is 8. The maximum Gasteiger partial charge on any atom is 0.330 e. The summed E-state index contributed by atoms with van der Waals surface area (Å²) >= 11 is 0. The van der Waals surface area contributed by atoms with E-state index in [1.54, 1.807) is 6.08 Å². The Labute approximate surface area is 335 Å². The van der Waals surface area contributed by atoms with Crippen LogP contribution in [0.4, 0.5) is 0 Å². The molecule has 12 N–H and O–H groups in total. The summed E-state index contributed by atoms with van der Waals surface area (Å²) in [5.74, 6) is -1.62. The minimum Gasteiger partial charge on any atom is -0.460 e. The molecule has 6 rings (SSSR count). The lowest BCUT2D eigenvalue weighted by Gasteiger charge is -2.48. The second-order valence-corrected chi connectivity index (χ2v) is 16.8. The molecule has 0 spiro atoms. The number of carbonyl (C=O) groups excluding carboxylic acids is 1. The fourth-order valence-corrected chi connectivity index (χ4v) is 9.49. The average molecular weight is 840 g/mol. The van der Waals surface area contributed by atoms with Crippen molar-refractivity contribution in [2.24, 2.45) is 17.8 Å². The second-order valence-electron chi connectivity index (χ2n) is 16.8. The van der Waals surface area contributed by atoms with Crippen molar-refractivity contribution in [2.75, 3.05) is 27.4 Å². The van der Waals surface area contributed by atoms with Gasteiger partial charge in [0.15, 0.2) is 24.8 Å². The van der Waals surface area contributed by atoms with Crippen molar-refractivity contribution in [2.45, 2.75) is 174 Å². The van der Waals surface area contributed by atoms with Crippen molar-refractivity contribution in [3.63, 3.8) is 0 Å². The summed E-state index contributed by atoms with van der Waals surface area (Å²) in [5, 5.41) is 117. The summed E-state index contributed by atoms with van der Waals surface area (Å²) in [5.41, 5.74) is 0. The summed E-state index contributed by atoms with van der Waals surface area (Å²) < 4.78 is 44.5. The molecule has 0 aromatic heterocycles. The number of fused-ring (bicyclic) bond motifs is 1. The fraction of sp³-hybridized carbons (Fsp3) is 0.921. The first-order valence-corrected chi connectivity index (χ1v) is 20.3. The quantitative estimate of drug-likeness (QED) is 0.0499. The molecule has 0 amide bonds. The third-order valence-electron chi connectivity index (χ3n) is 13.0. The van der Waals surface area contributed by atoms with E-state index in [1.165, 1.54) is 20.3 Å². The Balaban J connectivity index is 1.06. The van der Waals surface area contributed by atoms with Crippen LogP contribution in [0.2, 0.25) is 0 Å². The minimum absolute atomic E-state index is 0.147. The van der Waals surface area contributed by atoms with Gasteiger partial charge in [-0.3, -0.25) is 0 Å². The maximum atomic E-state index is 12.6. The molecule has 20 nitrogen and oxygen atoms in total. The summed E-state index contributed by atoms with van der Waals surface area (Å²) in [6.45, 7) is -1.14. The van der Waals surface area contributed by atoms with Crippen molar-refractivity contribution in [1.82, 2.24) is 0 Å². The SMILES string of the molecule is COC1CC(C=CC(=O)OC[C@H]2O[C@@H](OC[C@H]3O[C@@H](OC4CC5C(O)CC(O)CC5[OH+]C4C4CCC(O)C(O)C4)[C@H](O)[C@@H](O)[C@@H]3O)[C@H](O)[C@@H](O)[C@@H]2O)CC(OC)C1O. The zero-order valence-electron chi connectivity index (χ0n) is 32.6. The van der Waals surface area contributed by atoms with E-state index in [0.717, 1.165) is 0 Å². The zero-order chi connectivity index (χ0) is 42.0. The molecule has 0 aromatic rings. The standard InChI is InChI=1S/C38H62O20/c1-51-23-7-15(8-24(52-2)29(23)44)3-6-28(43)53-13-26-30(45)32(47)34(49)37(57-26)54-14-27-31(46)33(48)35(50)38(58-27)56-25-12-18-20(41)10-17(39)11-22(18)55-36(25)16-4-5-19(40)21(42)9-16/h3,6,15-27,29-42,44-50H,4-5,7-14H2,1-2H3/p+1/t15?,16?,17?,18?,19?,20?,21?,22?,23?,24?,25?,26-,27-,29?,30-,31-,32+,33+,34-,35-,36?,37-,38-/m1/s1. The lowest BCUT2D eigenvalue weighted by atomic mass is 9.72. The van der Waals surface area contributed by atoms with Crippen LogP contribution in [-0.4, -0.2) is 217 Å². The highest BCUT2D eigenvalue weighted by Gasteiger charge is 2.55. The van der Waals surface area contributed by atoms with Gasteiger partial charge < -0.3 is 94.1 Å². The van der Waals surface area contributed by atoms with E-state index in [-0.39, 0.29) is 31.1 Å². The van der Waals surface area contributed by atoms with Gasteiger partial charge in [0, 0.05) is 39.1 Å². The van der Waals surface area contributed by atoms with Crippen molar-refractivity contribution < 1.29 is 98.9 Å². The van der Waals surface area contributed by atoms with Gasteiger partial charge in [0.25, 0.3) is 0 Å². The van der Waals surface area contributed by atoms with Gasteiger partial charge in [0.1, 0.15) is 67.6 Å². The van der Waals surface area contributed by atoms with Gasteiger partial charge in [0.05, 0.1) is 49.1 Å². The van der Waals surface area contributed by atoms with Crippen LogP contribution in [0.5, 0.6) is 0 Å². The number of hydrogen-bond acceptors (Lipinski definition) is 19. The van der Waals surface area contributed by atoms with Crippen LogP contribution < -0.4 is 0 Å². The Hall–Kier alpha value is -1.51. The van der Waals surface area contributed by atoms with Crippen LogP contribution in [0.1, 0.15) is 51.4 Å². The van der Waals surface area contributed by atoms with E-state index in [9.17, 15) is 61.0 Å². The molecule has 3 saturated carbocycles. The molecule has 6 fully saturated rings. The first-order chi connectivity index (χ1) is 27.6. The highest BCUT2D eigenvalue weighted by atomic mass is 16.7. The number of aliphatic hydroxyl groups is 13. The maximum absolute atomic E-state index is 12.6. The van der Waals surface area contributed by atoms with E-state index in [0.29, 0.717) is 32.1 Å². The summed E-state index contributed by atoms with van der Waals surface area (Å²) in [7, 11) is 2.94. The molecule has 3 saturated heterocycles. The van der Waals surface area contributed by atoms with E-state index in [2.05, 4.69) is 0 Å². The van der Waals surface area contributed by atoms with Crippen LogP contribution in [-0.2, 0) is 38.0 Å². The van der Waals surface area contributed by atoms with Crippen LogP contribution >= 0.6 is 0 Å². The zero-order valence-corrected chi connectivity index (χ0v) is 32.6. The van der Waals surface area contributed by atoms with Gasteiger partial charge in [0.2, 0.25) is 0 Å². The predicted octanol–water partition coefficient (Wildman–Crippen LogP) is -4.77. The summed E-state index contributed by atoms with van der Waals surface area (Å²) in [4.78, 5) is 12.6. The largest absolute Gasteiger partial charge is 0.460 e. The number of methoxy groups -OCH3 is 2. The van der Waals surface area contributed by atoms with Crippen LogP contribution in [0.3, 0.4) is 0 Å². The molecule has 21 atom stereocenters. The van der Waals surface area contributed by atoms with E-state index in [1.807, 2.05) is 0 Å².